The first-order valence-electron chi connectivity index (χ1n) is 8.06. The molecule has 2 rings (SSSR count). The molecule has 0 N–H and O–H groups in total. The summed E-state index contributed by atoms with van der Waals surface area (Å²) in [4.78, 5) is 12.2. The molecule has 0 aliphatic carbocycles. The van der Waals surface area contributed by atoms with E-state index in [2.05, 4.69) is 13.8 Å². The second-order valence-corrected chi connectivity index (χ2v) is 5.88. The topological polar surface area (TPSA) is 54.0 Å². The fraction of sp³-hybridized carbons (Fsp3) is 0.350. The average Bonchev–Trinajstić information content (AvgIpc) is 2.80. The highest BCUT2D eigenvalue weighted by molar-refractivity contribution is 5.53. The number of hydrogen-bond donors (Lipinski definition) is 0. The maximum Gasteiger partial charge on any atom is 0.220 e. The second kappa shape index (κ2) is 8.42. The molecular weight excluding hydrogens is 320 g/mol. The van der Waals surface area contributed by atoms with Crippen molar-refractivity contribution in [2.45, 2.75) is 26.4 Å². The summed E-state index contributed by atoms with van der Waals surface area (Å²) in [6.07, 6.45) is 0. The molecular formula is C20H24O5. The molecule has 0 fully saturated rings. The van der Waals surface area contributed by atoms with Crippen LogP contribution in [0.2, 0.25) is 0 Å². The highest BCUT2D eigenvalue weighted by Gasteiger charge is 2.14. The predicted molar refractivity (Wildman–Crippen MR) is 97.2 cm³/mol. The molecule has 5 nitrogen and oxygen atoms in total. The predicted octanol–water partition coefficient (Wildman–Crippen LogP) is 3.78. The van der Waals surface area contributed by atoms with E-state index >= 15 is 0 Å². The van der Waals surface area contributed by atoms with Crippen LogP contribution in [-0.4, -0.2) is 21.3 Å². The van der Waals surface area contributed by atoms with Crippen LogP contribution in [0, 0.1) is 0 Å². The Morgan fingerprint density at radius 1 is 0.880 bits per heavy atom. The van der Waals surface area contributed by atoms with Crippen LogP contribution in [0.15, 0.2) is 41.2 Å². The molecule has 2 aromatic carbocycles. The third kappa shape index (κ3) is 4.44. The van der Waals surface area contributed by atoms with Gasteiger partial charge in [0.15, 0.2) is 17.2 Å². The minimum absolute atomic E-state index is 0.153. The van der Waals surface area contributed by atoms with Gasteiger partial charge >= 0.3 is 0 Å². The molecule has 0 atom stereocenters. The molecule has 0 saturated carbocycles. The lowest BCUT2D eigenvalue weighted by molar-refractivity contribution is 0.296. The van der Waals surface area contributed by atoms with Crippen molar-refractivity contribution >= 4 is 0 Å². The molecule has 0 bridgehead atoms. The first-order valence-corrected chi connectivity index (χ1v) is 8.06. The van der Waals surface area contributed by atoms with Gasteiger partial charge in [0.1, 0.15) is 6.61 Å². The highest BCUT2D eigenvalue weighted by Crippen LogP contribution is 2.38. The monoisotopic (exact) mass is 344 g/mol. The minimum atomic E-state index is -0.153. The Morgan fingerprint density at radius 2 is 1.52 bits per heavy atom. The lowest BCUT2D eigenvalue weighted by Gasteiger charge is -2.14. The average molecular weight is 344 g/mol. The highest BCUT2D eigenvalue weighted by atomic mass is 16.5. The van der Waals surface area contributed by atoms with Crippen LogP contribution in [0.5, 0.6) is 23.0 Å². The summed E-state index contributed by atoms with van der Waals surface area (Å²) in [5, 5.41) is 0. The molecule has 134 valence electrons. The van der Waals surface area contributed by atoms with Gasteiger partial charge in [-0.3, -0.25) is 4.79 Å². The van der Waals surface area contributed by atoms with E-state index in [-0.39, 0.29) is 12.0 Å². The van der Waals surface area contributed by atoms with Crippen molar-refractivity contribution < 1.29 is 18.9 Å². The van der Waals surface area contributed by atoms with Gasteiger partial charge in [0, 0.05) is 0 Å². The minimum Gasteiger partial charge on any atom is -0.493 e. The zero-order valence-electron chi connectivity index (χ0n) is 15.3. The van der Waals surface area contributed by atoms with Crippen LogP contribution in [0.1, 0.15) is 30.9 Å². The van der Waals surface area contributed by atoms with E-state index < -0.39 is 0 Å². The summed E-state index contributed by atoms with van der Waals surface area (Å²) in [5.74, 6) is 2.23. The normalized spacial score (nSPS) is 10.5. The molecule has 0 heterocycles. The zero-order valence-corrected chi connectivity index (χ0v) is 15.3. The van der Waals surface area contributed by atoms with Crippen molar-refractivity contribution in [1.82, 2.24) is 0 Å². The summed E-state index contributed by atoms with van der Waals surface area (Å²) >= 11 is 0. The molecule has 0 aromatic heterocycles. The van der Waals surface area contributed by atoms with Crippen molar-refractivity contribution in [3.63, 3.8) is 0 Å². The summed E-state index contributed by atoms with van der Waals surface area (Å²) < 4.78 is 21.8. The van der Waals surface area contributed by atoms with Crippen LogP contribution >= 0.6 is 0 Å². The standard InChI is InChI=1S/C20H24O5/c1-13(2)15-7-6-8-16(21)17(11-15)25-12-14-9-18(22-3)20(24-5)19(10-14)23-4/h6-11,13H,12H2,1-5H3. The van der Waals surface area contributed by atoms with E-state index in [9.17, 15) is 4.79 Å². The molecule has 0 aliphatic rings. The van der Waals surface area contributed by atoms with Crippen LogP contribution in [-0.2, 0) is 6.61 Å². The number of methoxy groups -OCH3 is 3. The zero-order chi connectivity index (χ0) is 18.4. The van der Waals surface area contributed by atoms with Gasteiger partial charge in [-0.15, -0.1) is 0 Å². The first-order chi connectivity index (χ1) is 12.0. The lowest BCUT2D eigenvalue weighted by atomic mass is 10.1. The maximum atomic E-state index is 12.2. The second-order valence-electron chi connectivity index (χ2n) is 5.88. The third-order valence-corrected chi connectivity index (χ3v) is 3.86. The van der Waals surface area contributed by atoms with E-state index in [0.29, 0.717) is 28.9 Å². The maximum absolute atomic E-state index is 12.2. The van der Waals surface area contributed by atoms with Gasteiger partial charge in [0.2, 0.25) is 11.2 Å². The van der Waals surface area contributed by atoms with Gasteiger partial charge in [-0.1, -0.05) is 26.0 Å². The van der Waals surface area contributed by atoms with Crippen molar-refractivity contribution in [2.24, 2.45) is 0 Å². The van der Waals surface area contributed by atoms with Gasteiger partial charge in [-0.2, -0.15) is 0 Å². The van der Waals surface area contributed by atoms with Gasteiger partial charge in [0.25, 0.3) is 0 Å². The smallest absolute Gasteiger partial charge is 0.220 e. The molecule has 2 aromatic rings. The third-order valence-electron chi connectivity index (χ3n) is 3.86. The Balaban J connectivity index is 2.32. The van der Waals surface area contributed by atoms with Crippen LogP contribution in [0.3, 0.4) is 0 Å². The summed E-state index contributed by atoms with van der Waals surface area (Å²) in [6.45, 7) is 4.36. The molecule has 25 heavy (non-hydrogen) atoms. The summed E-state index contributed by atoms with van der Waals surface area (Å²) in [6, 6.07) is 10.6. The number of benzene rings is 1. The van der Waals surface area contributed by atoms with Gasteiger partial charge in [-0.25, -0.2) is 0 Å². The van der Waals surface area contributed by atoms with Crippen molar-refractivity contribution in [3.05, 3.63) is 57.7 Å². The van der Waals surface area contributed by atoms with Crippen molar-refractivity contribution in [1.29, 1.82) is 0 Å². The SMILES string of the molecule is COc1cc(COc2cc(C(C)C)cccc2=O)cc(OC)c1OC. The largest absolute Gasteiger partial charge is 0.493 e. The lowest BCUT2D eigenvalue weighted by Crippen LogP contribution is -2.06. The fourth-order valence-corrected chi connectivity index (χ4v) is 2.45. The van der Waals surface area contributed by atoms with E-state index in [4.69, 9.17) is 18.9 Å². The molecule has 0 saturated heterocycles. The molecule has 0 radical (unpaired) electrons. The van der Waals surface area contributed by atoms with Gasteiger partial charge in [0.05, 0.1) is 21.3 Å². The Morgan fingerprint density at radius 3 is 2.04 bits per heavy atom. The van der Waals surface area contributed by atoms with Crippen LogP contribution in [0.4, 0.5) is 0 Å². The molecule has 0 unspecified atom stereocenters. The van der Waals surface area contributed by atoms with Crippen molar-refractivity contribution in [2.75, 3.05) is 21.3 Å². The number of rotatable bonds is 7. The number of hydrogen-bond acceptors (Lipinski definition) is 5. The van der Waals surface area contributed by atoms with Gasteiger partial charge in [-0.05, 0) is 41.3 Å². The Kier molecular flexibility index (Phi) is 6.28. The molecule has 5 heteroatoms. The Hall–Kier alpha value is -2.69. The van der Waals surface area contributed by atoms with Crippen molar-refractivity contribution in [3.8, 4) is 23.0 Å². The Labute approximate surface area is 148 Å². The quantitative estimate of drug-likeness (QED) is 0.765. The van der Waals surface area contributed by atoms with E-state index in [1.807, 2.05) is 6.07 Å². The van der Waals surface area contributed by atoms with E-state index in [0.717, 1.165) is 11.1 Å². The molecule has 0 amide bonds. The Bertz CT molecular complexity index is 758. The number of ether oxygens (including phenoxy) is 4. The first kappa shape index (κ1) is 18.6. The fourth-order valence-electron chi connectivity index (χ4n) is 2.45. The van der Waals surface area contributed by atoms with Crippen LogP contribution in [0.25, 0.3) is 0 Å². The van der Waals surface area contributed by atoms with E-state index in [1.165, 1.54) is 6.07 Å². The molecule has 0 spiro atoms. The summed E-state index contributed by atoms with van der Waals surface area (Å²) in [5.41, 5.74) is 1.70. The summed E-state index contributed by atoms with van der Waals surface area (Å²) in [7, 11) is 4.67. The van der Waals surface area contributed by atoms with E-state index in [1.54, 1.807) is 45.6 Å². The van der Waals surface area contributed by atoms with Gasteiger partial charge < -0.3 is 18.9 Å². The molecule has 0 aliphatic heterocycles. The van der Waals surface area contributed by atoms with Crippen LogP contribution < -0.4 is 24.4 Å².